The number of fused-ring (bicyclic) bond motifs is 1. The van der Waals surface area contributed by atoms with E-state index in [2.05, 4.69) is 6.07 Å². The number of benzene rings is 2. The number of rotatable bonds is 6. The Labute approximate surface area is 185 Å². The quantitative estimate of drug-likeness (QED) is 0.374. The highest BCUT2D eigenvalue weighted by atomic mass is 32.2. The average Bonchev–Trinajstić information content (AvgIpc) is 2.82. The summed E-state index contributed by atoms with van der Waals surface area (Å²) in [7, 11) is 1.62. The minimum atomic E-state index is -0.378. The van der Waals surface area contributed by atoms with Gasteiger partial charge < -0.3 is 4.74 Å². The maximum Gasteiger partial charge on any atom is 0.173 e. The number of ketones is 1. The fourth-order valence-corrected chi connectivity index (χ4v) is 4.76. The fourth-order valence-electron chi connectivity index (χ4n) is 3.86. The number of halogens is 1. The number of aryl methyl sites for hydroxylation is 1. The van der Waals surface area contributed by atoms with Gasteiger partial charge in [0.15, 0.2) is 5.78 Å². The molecular weight excluding hydrogens is 411 g/mol. The molecule has 3 aromatic rings. The second-order valence-corrected chi connectivity index (χ2v) is 8.32. The van der Waals surface area contributed by atoms with Crippen molar-refractivity contribution in [3.8, 4) is 22.9 Å². The number of hydrogen-bond donors (Lipinski definition) is 0. The highest BCUT2D eigenvalue weighted by molar-refractivity contribution is 8.00. The van der Waals surface area contributed by atoms with E-state index in [1.807, 2.05) is 24.3 Å². The topological polar surface area (TPSA) is 63.0 Å². The van der Waals surface area contributed by atoms with Crippen LogP contribution in [0.2, 0.25) is 0 Å². The molecule has 0 aliphatic heterocycles. The molecule has 1 aliphatic carbocycles. The molecule has 1 aromatic heterocycles. The largest absolute Gasteiger partial charge is 0.497 e. The number of carbonyl (C=O) groups excluding carboxylic acids is 1. The SMILES string of the molecule is COc1ccc(-c2c(C#N)c(SCC(=O)c3ccc(F)cc3)nc3c2CCCC3)cc1. The molecule has 31 heavy (non-hydrogen) atoms. The van der Waals surface area contributed by atoms with Crippen molar-refractivity contribution in [2.45, 2.75) is 30.7 Å². The summed E-state index contributed by atoms with van der Waals surface area (Å²) in [5.41, 5.74) is 4.94. The van der Waals surface area contributed by atoms with Crippen molar-refractivity contribution in [1.29, 1.82) is 5.26 Å². The first-order valence-corrected chi connectivity index (χ1v) is 11.1. The van der Waals surface area contributed by atoms with Crippen LogP contribution in [-0.2, 0) is 12.8 Å². The van der Waals surface area contributed by atoms with E-state index in [9.17, 15) is 14.4 Å². The van der Waals surface area contributed by atoms with Crippen LogP contribution in [0.25, 0.3) is 11.1 Å². The summed E-state index contributed by atoms with van der Waals surface area (Å²) in [4.78, 5) is 17.4. The van der Waals surface area contributed by atoms with Gasteiger partial charge in [-0.15, -0.1) is 0 Å². The summed E-state index contributed by atoms with van der Waals surface area (Å²) in [5, 5.41) is 10.6. The zero-order valence-electron chi connectivity index (χ0n) is 17.2. The van der Waals surface area contributed by atoms with E-state index in [4.69, 9.17) is 9.72 Å². The van der Waals surface area contributed by atoms with Crippen LogP contribution in [-0.4, -0.2) is 23.6 Å². The summed E-state index contributed by atoms with van der Waals surface area (Å²) in [5.74, 6) is 0.384. The highest BCUT2D eigenvalue weighted by Gasteiger charge is 2.23. The van der Waals surface area contributed by atoms with E-state index in [1.165, 1.54) is 36.0 Å². The van der Waals surface area contributed by atoms with Gasteiger partial charge in [0.2, 0.25) is 0 Å². The van der Waals surface area contributed by atoms with Gasteiger partial charge in [-0.05, 0) is 73.2 Å². The standard InChI is InChI=1S/C25H21FN2O2S/c1-30-19-12-8-17(9-13-19)24-20-4-2-3-5-22(20)28-25(21(24)14-27)31-15-23(29)16-6-10-18(26)11-7-16/h6-13H,2-5,15H2,1H3. The number of pyridine rings is 1. The first kappa shape index (κ1) is 21.1. The van der Waals surface area contributed by atoms with Crippen molar-refractivity contribution < 1.29 is 13.9 Å². The van der Waals surface area contributed by atoms with Gasteiger partial charge in [-0.25, -0.2) is 9.37 Å². The van der Waals surface area contributed by atoms with E-state index in [0.29, 0.717) is 16.2 Å². The summed E-state index contributed by atoms with van der Waals surface area (Å²) < 4.78 is 18.4. The number of hydrogen-bond acceptors (Lipinski definition) is 5. The molecule has 1 heterocycles. The van der Waals surface area contributed by atoms with Crippen LogP contribution in [0, 0.1) is 17.1 Å². The Morgan fingerprint density at radius 1 is 1.13 bits per heavy atom. The number of nitrogens with zero attached hydrogens (tertiary/aromatic N) is 2. The van der Waals surface area contributed by atoms with Crippen molar-refractivity contribution in [2.75, 3.05) is 12.9 Å². The van der Waals surface area contributed by atoms with Gasteiger partial charge in [-0.3, -0.25) is 4.79 Å². The number of methoxy groups -OCH3 is 1. The summed E-state index contributed by atoms with van der Waals surface area (Å²) >= 11 is 1.27. The number of ether oxygens (including phenoxy) is 1. The predicted octanol–water partition coefficient (Wildman–Crippen LogP) is 5.62. The normalized spacial score (nSPS) is 12.7. The molecule has 0 N–H and O–H groups in total. The van der Waals surface area contributed by atoms with Crippen LogP contribution in [0.1, 0.15) is 40.0 Å². The van der Waals surface area contributed by atoms with Gasteiger partial charge in [-0.1, -0.05) is 23.9 Å². The van der Waals surface area contributed by atoms with Crippen LogP contribution in [0.15, 0.2) is 53.6 Å². The van der Waals surface area contributed by atoms with Gasteiger partial charge in [-0.2, -0.15) is 5.26 Å². The molecule has 0 bridgehead atoms. The molecule has 6 heteroatoms. The second-order valence-electron chi connectivity index (χ2n) is 7.36. The fraction of sp³-hybridized carbons (Fsp3) is 0.240. The Kier molecular flexibility index (Phi) is 6.34. The first-order chi connectivity index (χ1) is 15.1. The highest BCUT2D eigenvalue weighted by Crippen LogP contribution is 2.38. The molecule has 0 amide bonds. The molecule has 0 fully saturated rings. The zero-order chi connectivity index (χ0) is 21.8. The summed E-state index contributed by atoms with van der Waals surface area (Å²) in [6, 6.07) is 15.5. The lowest BCUT2D eigenvalue weighted by Gasteiger charge is -2.22. The van der Waals surface area contributed by atoms with Gasteiger partial charge in [0.05, 0.1) is 18.4 Å². The lowest BCUT2D eigenvalue weighted by atomic mass is 9.87. The van der Waals surface area contributed by atoms with Gasteiger partial charge in [0.25, 0.3) is 0 Å². The molecule has 1 aliphatic rings. The van der Waals surface area contributed by atoms with Crippen molar-refractivity contribution in [3.63, 3.8) is 0 Å². The van der Waals surface area contributed by atoms with Gasteiger partial charge >= 0.3 is 0 Å². The van der Waals surface area contributed by atoms with Crippen molar-refractivity contribution in [3.05, 3.63) is 76.7 Å². The molecule has 0 spiro atoms. The average molecular weight is 433 g/mol. The molecule has 0 unspecified atom stereocenters. The predicted molar refractivity (Wildman–Crippen MR) is 119 cm³/mol. The molecule has 4 rings (SSSR count). The van der Waals surface area contributed by atoms with Gasteiger partial charge in [0.1, 0.15) is 22.7 Å². The Bertz CT molecular complexity index is 1150. The molecule has 0 radical (unpaired) electrons. The molecule has 4 nitrogen and oxygen atoms in total. The molecular formula is C25H21FN2O2S. The van der Waals surface area contributed by atoms with E-state index >= 15 is 0 Å². The Hall–Kier alpha value is -3.17. The number of thioether (sulfide) groups is 1. The Morgan fingerprint density at radius 3 is 2.52 bits per heavy atom. The third-order valence-corrected chi connectivity index (χ3v) is 6.41. The van der Waals surface area contributed by atoms with Crippen LogP contribution < -0.4 is 4.74 Å². The minimum absolute atomic E-state index is 0.126. The second kappa shape index (κ2) is 9.32. The van der Waals surface area contributed by atoms with E-state index in [-0.39, 0.29) is 17.4 Å². The third kappa shape index (κ3) is 4.47. The van der Waals surface area contributed by atoms with Crippen LogP contribution in [0.5, 0.6) is 5.75 Å². The Morgan fingerprint density at radius 2 is 1.84 bits per heavy atom. The van der Waals surface area contributed by atoms with Crippen LogP contribution in [0.3, 0.4) is 0 Å². The summed E-state index contributed by atoms with van der Waals surface area (Å²) in [6.07, 6.45) is 3.88. The molecule has 0 saturated carbocycles. The third-order valence-electron chi connectivity index (χ3n) is 5.44. The smallest absolute Gasteiger partial charge is 0.173 e. The maximum absolute atomic E-state index is 13.1. The van der Waals surface area contributed by atoms with E-state index in [1.54, 1.807) is 7.11 Å². The monoisotopic (exact) mass is 432 g/mol. The number of aromatic nitrogens is 1. The Balaban J connectivity index is 1.71. The lowest BCUT2D eigenvalue weighted by Crippen LogP contribution is -2.11. The van der Waals surface area contributed by atoms with Gasteiger partial charge in [0, 0.05) is 16.8 Å². The molecule has 2 aromatic carbocycles. The zero-order valence-corrected chi connectivity index (χ0v) is 18.0. The van der Waals surface area contributed by atoms with Crippen LogP contribution in [0.4, 0.5) is 4.39 Å². The number of nitriles is 1. The number of carbonyl (C=O) groups is 1. The van der Waals surface area contributed by atoms with Crippen LogP contribution >= 0.6 is 11.8 Å². The van der Waals surface area contributed by atoms with Crippen molar-refractivity contribution >= 4 is 17.5 Å². The minimum Gasteiger partial charge on any atom is -0.497 e. The van der Waals surface area contributed by atoms with Crippen molar-refractivity contribution in [1.82, 2.24) is 4.98 Å². The molecule has 0 saturated heterocycles. The van der Waals surface area contributed by atoms with E-state index < -0.39 is 0 Å². The van der Waals surface area contributed by atoms with E-state index in [0.717, 1.165) is 53.8 Å². The maximum atomic E-state index is 13.1. The molecule has 156 valence electrons. The van der Waals surface area contributed by atoms with Crippen molar-refractivity contribution in [2.24, 2.45) is 0 Å². The number of Topliss-reactive ketones (excluding diaryl/α,β-unsaturated/α-hetero) is 1. The molecule has 0 atom stereocenters. The first-order valence-electron chi connectivity index (χ1n) is 10.1. The summed E-state index contributed by atoms with van der Waals surface area (Å²) in [6.45, 7) is 0. The lowest BCUT2D eigenvalue weighted by molar-refractivity contribution is 0.102.